The molecule has 3 heterocycles. The van der Waals surface area contributed by atoms with Crippen molar-refractivity contribution < 1.29 is 24.1 Å². The number of anilines is 1. The number of aliphatic hydroxyl groups is 1. The summed E-state index contributed by atoms with van der Waals surface area (Å²) in [5, 5.41) is 16.6. The molecular weight excluding hydrogens is 376 g/mol. The molecule has 1 aromatic carbocycles. The zero-order valence-corrected chi connectivity index (χ0v) is 16.9. The van der Waals surface area contributed by atoms with Gasteiger partial charge in [0.25, 0.3) is 0 Å². The molecule has 3 fully saturated rings. The van der Waals surface area contributed by atoms with Gasteiger partial charge in [-0.05, 0) is 19.1 Å². The summed E-state index contributed by atoms with van der Waals surface area (Å²) < 4.78 is 17.3. The molecule has 0 aliphatic carbocycles. The second kappa shape index (κ2) is 8.74. The van der Waals surface area contributed by atoms with Crippen molar-refractivity contribution in [2.75, 3.05) is 51.3 Å². The second-order valence-electron chi connectivity index (χ2n) is 7.58. The molecule has 9 heteroatoms. The van der Waals surface area contributed by atoms with Gasteiger partial charge in [-0.15, -0.1) is 0 Å². The lowest BCUT2D eigenvalue weighted by molar-refractivity contribution is -0.181. The van der Waals surface area contributed by atoms with Gasteiger partial charge in [-0.25, -0.2) is 4.79 Å². The van der Waals surface area contributed by atoms with Crippen molar-refractivity contribution in [3.63, 3.8) is 0 Å². The molecule has 9 nitrogen and oxygen atoms in total. The monoisotopic (exact) mass is 406 g/mol. The van der Waals surface area contributed by atoms with Gasteiger partial charge in [0, 0.05) is 32.7 Å². The number of nitrogens with zero attached hydrogens (tertiary/aromatic N) is 2. The minimum atomic E-state index is -0.762. The summed E-state index contributed by atoms with van der Waals surface area (Å²) in [6, 6.07) is 6.87. The molecule has 0 spiro atoms. The summed E-state index contributed by atoms with van der Waals surface area (Å²) in [4.78, 5) is 16.5. The maximum absolute atomic E-state index is 12.0. The molecule has 5 atom stereocenters. The first-order chi connectivity index (χ1) is 14.1. The van der Waals surface area contributed by atoms with Crippen LogP contribution in [0.2, 0.25) is 0 Å². The van der Waals surface area contributed by atoms with Crippen molar-refractivity contribution in [2.45, 2.75) is 37.5 Å². The van der Waals surface area contributed by atoms with Crippen LogP contribution in [0.15, 0.2) is 24.3 Å². The van der Waals surface area contributed by atoms with Crippen molar-refractivity contribution >= 4 is 11.7 Å². The van der Waals surface area contributed by atoms with Crippen LogP contribution in [0.3, 0.4) is 0 Å². The molecule has 3 saturated heterocycles. The van der Waals surface area contributed by atoms with Crippen LogP contribution in [-0.4, -0.2) is 93.1 Å². The Morgan fingerprint density at radius 2 is 2.03 bits per heavy atom. The normalized spacial score (nSPS) is 32.1. The van der Waals surface area contributed by atoms with E-state index in [9.17, 15) is 9.90 Å². The first-order valence-corrected chi connectivity index (χ1v) is 10.2. The molecule has 0 radical (unpaired) electrons. The largest absolute Gasteiger partial charge is 0.495 e. The summed E-state index contributed by atoms with van der Waals surface area (Å²) in [6.07, 6.45) is -1.56. The van der Waals surface area contributed by atoms with Gasteiger partial charge < -0.3 is 34.9 Å². The summed E-state index contributed by atoms with van der Waals surface area (Å²) >= 11 is 0. The van der Waals surface area contributed by atoms with E-state index in [-0.39, 0.29) is 18.2 Å². The zero-order valence-electron chi connectivity index (χ0n) is 16.9. The first-order valence-electron chi connectivity index (χ1n) is 10.2. The number of ether oxygens (including phenoxy) is 3. The number of carbonyl (C=O) groups is 1. The Hall–Kier alpha value is -2.07. The summed E-state index contributed by atoms with van der Waals surface area (Å²) in [7, 11) is 1.68. The second-order valence-corrected chi connectivity index (χ2v) is 7.58. The zero-order chi connectivity index (χ0) is 20.4. The molecule has 1 aromatic rings. The highest BCUT2D eigenvalue weighted by molar-refractivity contribution is 5.74. The number of hydrogen-bond acceptors (Lipinski definition) is 7. The average Bonchev–Trinajstić information content (AvgIpc) is 3.17. The summed E-state index contributed by atoms with van der Waals surface area (Å²) in [5.74, 6) is 0.857. The van der Waals surface area contributed by atoms with Crippen LogP contribution < -0.4 is 20.3 Å². The number of hydrogen-bond donors (Lipinski definition) is 3. The standard InChI is InChI=1S/C20H30N4O5/c1-3-21-20(26)22-16-15-12-28-19(29-15)17(18(16)25)24-10-8-23(9-11-24)13-6-4-5-7-14(13)27-2/h4-7,15-19,25H,3,8-12H2,1-2H3,(H2,21,22,26). The molecule has 3 aliphatic heterocycles. The quantitative estimate of drug-likeness (QED) is 0.633. The Labute approximate surface area is 170 Å². The maximum Gasteiger partial charge on any atom is 0.315 e. The first kappa shape index (κ1) is 20.2. The van der Waals surface area contributed by atoms with Crippen molar-refractivity contribution in [2.24, 2.45) is 0 Å². The van der Waals surface area contributed by atoms with Crippen LogP contribution in [0.1, 0.15) is 6.92 Å². The lowest BCUT2D eigenvalue weighted by Crippen LogP contribution is -2.67. The van der Waals surface area contributed by atoms with Crippen molar-refractivity contribution in [1.82, 2.24) is 15.5 Å². The molecule has 4 rings (SSSR count). The molecule has 29 heavy (non-hydrogen) atoms. The Bertz CT molecular complexity index is 712. The molecule has 3 N–H and O–H groups in total. The minimum Gasteiger partial charge on any atom is -0.495 e. The Kier molecular flexibility index (Phi) is 6.09. The molecule has 5 unspecified atom stereocenters. The number of piperazine rings is 1. The SMILES string of the molecule is CCNC(=O)NC1C2COC(O2)C(N2CCN(c3ccccc3OC)CC2)C1O. The number of methoxy groups -OCH3 is 1. The number of carbonyl (C=O) groups excluding carboxylic acids is 1. The molecule has 3 aliphatic rings. The number of urea groups is 1. The molecule has 0 aromatic heterocycles. The highest BCUT2D eigenvalue weighted by Gasteiger charge is 2.52. The predicted octanol–water partition coefficient (Wildman–Crippen LogP) is -0.0105. The van der Waals surface area contributed by atoms with Crippen molar-refractivity contribution in [3.05, 3.63) is 24.3 Å². The Morgan fingerprint density at radius 1 is 1.28 bits per heavy atom. The minimum absolute atomic E-state index is 0.301. The van der Waals surface area contributed by atoms with Gasteiger partial charge in [0.1, 0.15) is 11.9 Å². The number of nitrogens with one attached hydrogen (secondary N) is 2. The van der Waals surface area contributed by atoms with Gasteiger partial charge in [-0.2, -0.15) is 0 Å². The van der Waals surface area contributed by atoms with E-state index in [1.54, 1.807) is 7.11 Å². The third-order valence-corrected chi connectivity index (χ3v) is 5.93. The van der Waals surface area contributed by atoms with E-state index in [0.717, 1.165) is 37.6 Å². The molecule has 2 amide bonds. The number of rotatable bonds is 5. The van der Waals surface area contributed by atoms with Gasteiger partial charge in [-0.1, -0.05) is 12.1 Å². The van der Waals surface area contributed by atoms with E-state index < -0.39 is 18.4 Å². The van der Waals surface area contributed by atoms with E-state index in [4.69, 9.17) is 14.2 Å². The van der Waals surface area contributed by atoms with Crippen LogP contribution in [0.4, 0.5) is 10.5 Å². The fraction of sp³-hybridized carbons (Fsp3) is 0.650. The van der Waals surface area contributed by atoms with Crippen LogP contribution in [0.5, 0.6) is 5.75 Å². The summed E-state index contributed by atoms with van der Waals surface area (Å²) in [5.41, 5.74) is 1.07. The summed E-state index contributed by atoms with van der Waals surface area (Å²) in [6.45, 7) is 5.85. The van der Waals surface area contributed by atoms with E-state index in [1.165, 1.54) is 0 Å². The number of amides is 2. The van der Waals surface area contributed by atoms with Crippen molar-refractivity contribution in [3.8, 4) is 5.75 Å². The third-order valence-electron chi connectivity index (χ3n) is 5.93. The maximum atomic E-state index is 12.0. The Balaban J connectivity index is 1.42. The lowest BCUT2D eigenvalue weighted by Gasteiger charge is -2.47. The van der Waals surface area contributed by atoms with Gasteiger partial charge in [0.05, 0.1) is 37.6 Å². The van der Waals surface area contributed by atoms with Crippen LogP contribution in [0.25, 0.3) is 0 Å². The van der Waals surface area contributed by atoms with Crippen LogP contribution in [0, 0.1) is 0 Å². The van der Waals surface area contributed by atoms with E-state index in [1.807, 2.05) is 25.1 Å². The van der Waals surface area contributed by atoms with Gasteiger partial charge >= 0.3 is 6.03 Å². The third kappa shape index (κ3) is 4.00. The predicted molar refractivity (Wildman–Crippen MR) is 107 cm³/mol. The molecular formula is C20H30N4O5. The fourth-order valence-electron chi connectivity index (χ4n) is 4.48. The van der Waals surface area contributed by atoms with E-state index in [0.29, 0.717) is 13.2 Å². The Morgan fingerprint density at radius 3 is 2.76 bits per heavy atom. The van der Waals surface area contributed by atoms with Crippen LogP contribution in [-0.2, 0) is 9.47 Å². The van der Waals surface area contributed by atoms with Crippen molar-refractivity contribution in [1.29, 1.82) is 0 Å². The van der Waals surface area contributed by atoms with E-state index >= 15 is 0 Å². The van der Waals surface area contributed by atoms with Gasteiger partial charge in [0.15, 0.2) is 6.29 Å². The molecule has 160 valence electrons. The lowest BCUT2D eigenvalue weighted by atomic mass is 9.94. The number of benzene rings is 1. The van der Waals surface area contributed by atoms with Gasteiger partial charge in [-0.3, -0.25) is 4.90 Å². The van der Waals surface area contributed by atoms with Gasteiger partial charge in [0.2, 0.25) is 0 Å². The number of para-hydroxylation sites is 2. The smallest absolute Gasteiger partial charge is 0.315 e. The number of aliphatic hydroxyl groups excluding tert-OH is 1. The highest BCUT2D eigenvalue weighted by Crippen LogP contribution is 2.33. The number of fused-ring (bicyclic) bond motifs is 2. The molecule has 0 saturated carbocycles. The highest BCUT2D eigenvalue weighted by atomic mass is 16.7. The van der Waals surface area contributed by atoms with Crippen LogP contribution >= 0.6 is 0 Å². The molecule has 2 bridgehead atoms. The average molecular weight is 406 g/mol. The topological polar surface area (TPSA) is 95.5 Å². The fourth-order valence-corrected chi connectivity index (χ4v) is 4.48. The van der Waals surface area contributed by atoms with E-state index in [2.05, 4.69) is 26.5 Å².